The summed E-state index contributed by atoms with van der Waals surface area (Å²) in [4.78, 5) is 12.4. The van der Waals surface area contributed by atoms with Gasteiger partial charge >= 0.3 is 0 Å². The normalized spacial score (nSPS) is 26.3. The van der Waals surface area contributed by atoms with Crippen LogP contribution < -0.4 is 5.32 Å². The molecule has 0 radical (unpaired) electrons. The summed E-state index contributed by atoms with van der Waals surface area (Å²) in [6, 6.07) is 4.80. The number of hydrogen-bond acceptors (Lipinski definition) is 2. The number of aliphatic hydroxyl groups is 1. The van der Waals surface area contributed by atoms with Crippen LogP contribution in [-0.4, -0.2) is 23.2 Å². The van der Waals surface area contributed by atoms with Crippen LogP contribution in [-0.2, 0) is 0 Å². The number of benzene rings is 1. The summed E-state index contributed by atoms with van der Waals surface area (Å²) in [6.07, 6.45) is 3.58. The van der Waals surface area contributed by atoms with Gasteiger partial charge in [0.05, 0.1) is 22.7 Å². The van der Waals surface area contributed by atoms with Gasteiger partial charge in [0.1, 0.15) is 0 Å². The van der Waals surface area contributed by atoms with Gasteiger partial charge in [-0.1, -0.05) is 30.1 Å². The van der Waals surface area contributed by atoms with Crippen molar-refractivity contribution in [3.8, 4) is 0 Å². The molecule has 110 valence electrons. The highest BCUT2D eigenvalue weighted by atomic mass is 35.5. The first-order valence-electron chi connectivity index (χ1n) is 6.84. The highest BCUT2D eigenvalue weighted by Crippen LogP contribution is 2.32. The maximum atomic E-state index is 12.4. The quantitative estimate of drug-likeness (QED) is 0.894. The van der Waals surface area contributed by atoms with Crippen LogP contribution >= 0.6 is 23.2 Å². The van der Waals surface area contributed by atoms with E-state index in [1.807, 2.05) is 0 Å². The number of rotatable bonds is 3. The first-order chi connectivity index (χ1) is 9.46. The van der Waals surface area contributed by atoms with E-state index in [1.54, 1.807) is 18.2 Å². The third-order valence-electron chi connectivity index (χ3n) is 4.09. The van der Waals surface area contributed by atoms with Gasteiger partial charge in [-0.3, -0.25) is 4.79 Å². The Kier molecular flexibility index (Phi) is 4.95. The topological polar surface area (TPSA) is 49.3 Å². The molecule has 0 saturated heterocycles. The Bertz CT molecular complexity index is 497. The van der Waals surface area contributed by atoms with Gasteiger partial charge in [-0.15, -0.1) is 0 Å². The van der Waals surface area contributed by atoms with Crippen molar-refractivity contribution in [1.82, 2.24) is 5.32 Å². The molecule has 0 aliphatic heterocycles. The van der Waals surface area contributed by atoms with Gasteiger partial charge in [0.25, 0.3) is 5.91 Å². The standard InChI is InChI=1S/C15H19Cl2NO2/c1-10-4-6-15(9-19,7-5-10)18-14(20)12-8-11(16)2-3-13(12)17/h2-3,8,10,19H,4-7,9H2,1H3,(H,18,20). The molecule has 2 rings (SSSR count). The molecule has 1 aromatic carbocycles. The van der Waals surface area contributed by atoms with Crippen molar-refractivity contribution < 1.29 is 9.90 Å². The van der Waals surface area contributed by atoms with Gasteiger partial charge in [-0.2, -0.15) is 0 Å². The molecule has 1 fully saturated rings. The molecule has 2 N–H and O–H groups in total. The molecule has 1 aromatic rings. The molecule has 20 heavy (non-hydrogen) atoms. The van der Waals surface area contributed by atoms with Crippen molar-refractivity contribution in [2.45, 2.75) is 38.1 Å². The van der Waals surface area contributed by atoms with Gasteiger partial charge < -0.3 is 10.4 Å². The summed E-state index contributed by atoms with van der Waals surface area (Å²) in [5, 5.41) is 13.5. The van der Waals surface area contributed by atoms with Crippen LogP contribution in [0.2, 0.25) is 10.0 Å². The molecular weight excluding hydrogens is 297 g/mol. The van der Waals surface area contributed by atoms with Gasteiger partial charge in [-0.25, -0.2) is 0 Å². The van der Waals surface area contributed by atoms with E-state index in [4.69, 9.17) is 23.2 Å². The Labute approximate surface area is 129 Å². The average Bonchev–Trinajstić information content (AvgIpc) is 2.44. The zero-order valence-corrected chi connectivity index (χ0v) is 13.0. The zero-order chi connectivity index (χ0) is 14.8. The molecule has 0 aromatic heterocycles. The summed E-state index contributed by atoms with van der Waals surface area (Å²) in [6.45, 7) is 2.14. The molecule has 1 amide bonds. The van der Waals surface area contributed by atoms with E-state index in [0.29, 0.717) is 21.5 Å². The van der Waals surface area contributed by atoms with Gasteiger partial charge in [0.2, 0.25) is 0 Å². The Morgan fingerprint density at radius 2 is 2.05 bits per heavy atom. The van der Waals surface area contributed by atoms with Crippen LogP contribution in [0.3, 0.4) is 0 Å². The second-order valence-electron chi connectivity index (χ2n) is 5.70. The Morgan fingerprint density at radius 3 is 2.65 bits per heavy atom. The van der Waals surface area contributed by atoms with E-state index in [2.05, 4.69) is 12.2 Å². The Morgan fingerprint density at radius 1 is 1.40 bits per heavy atom. The number of hydrogen-bond donors (Lipinski definition) is 2. The SMILES string of the molecule is CC1CCC(CO)(NC(=O)c2cc(Cl)ccc2Cl)CC1. The van der Waals surface area contributed by atoms with Crippen molar-refractivity contribution in [3.05, 3.63) is 33.8 Å². The molecule has 0 unspecified atom stereocenters. The highest BCUT2D eigenvalue weighted by molar-refractivity contribution is 6.35. The first kappa shape index (κ1) is 15.6. The van der Waals surface area contributed by atoms with Crippen LogP contribution in [0, 0.1) is 5.92 Å². The fourth-order valence-electron chi connectivity index (χ4n) is 2.62. The van der Waals surface area contributed by atoms with Crippen LogP contribution in [0.25, 0.3) is 0 Å². The number of aliphatic hydroxyl groups excluding tert-OH is 1. The summed E-state index contributed by atoms with van der Waals surface area (Å²) in [5.74, 6) is 0.363. The Hall–Kier alpha value is -0.770. The molecule has 0 heterocycles. The van der Waals surface area contributed by atoms with Crippen molar-refractivity contribution in [3.63, 3.8) is 0 Å². The molecule has 3 nitrogen and oxygen atoms in total. The lowest BCUT2D eigenvalue weighted by Gasteiger charge is -2.38. The van der Waals surface area contributed by atoms with Crippen molar-refractivity contribution >= 4 is 29.1 Å². The fraction of sp³-hybridized carbons (Fsp3) is 0.533. The minimum absolute atomic E-state index is 0.0519. The minimum atomic E-state index is -0.533. The van der Waals surface area contributed by atoms with E-state index in [1.165, 1.54) is 0 Å². The maximum absolute atomic E-state index is 12.4. The first-order valence-corrected chi connectivity index (χ1v) is 7.60. The summed E-state index contributed by atoms with van der Waals surface area (Å²) in [5.41, 5.74) is -0.180. The third kappa shape index (κ3) is 3.46. The molecule has 0 spiro atoms. The number of carbonyl (C=O) groups is 1. The lowest BCUT2D eigenvalue weighted by molar-refractivity contribution is 0.0717. The second-order valence-corrected chi connectivity index (χ2v) is 6.54. The van der Waals surface area contributed by atoms with Crippen molar-refractivity contribution in [2.75, 3.05) is 6.61 Å². The largest absolute Gasteiger partial charge is 0.394 e. The van der Waals surface area contributed by atoms with Crippen LogP contribution in [0.1, 0.15) is 43.0 Å². The second kappa shape index (κ2) is 6.33. The number of halogens is 2. The number of carbonyl (C=O) groups excluding carboxylic acids is 1. The highest BCUT2D eigenvalue weighted by Gasteiger charge is 2.35. The molecular formula is C15H19Cl2NO2. The Balaban J connectivity index is 2.15. The van der Waals surface area contributed by atoms with Gasteiger partial charge in [-0.05, 0) is 49.8 Å². The molecule has 0 bridgehead atoms. The van der Waals surface area contributed by atoms with Crippen LogP contribution in [0.15, 0.2) is 18.2 Å². The fourth-order valence-corrected chi connectivity index (χ4v) is 2.99. The van der Waals surface area contributed by atoms with E-state index >= 15 is 0 Å². The van der Waals surface area contributed by atoms with E-state index < -0.39 is 5.54 Å². The molecule has 1 aliphatic carbocycles. The lowest BCUT2D eigenvalue weighted by atomic mass is 9.77. The van der Waals surface area contributed by atoms with Gasteiger partial charge in [0, 0.05) is 5.02 Å². The number of amides is 1. The van der Waals surface area contributed by atoms with E-state index in [9.17, 15) is 9.90 Å². The van der Waals surface area contributed by atoms with Crippen molar-refractivity contribution in [2.24, 2.45) is 5.92 Å². The maximum Gasteiger partial charge on any atom is 0.253 e. The molecule has 0 atom stereocenters. The third-order valence-corrected chi connectivity index (χ3v) is 4.65. The summed E-state index contributed by atoms with van der Waals surface area (Å²) in [7, 11) is 0. The van der Waals surface area contributed by atoms with Crippen LogP contribution in [0.4, 0.5) is 0 Å². The monoisotopic (exact) mass is 315 g/mol. The van der Waals surface area contributed by atoms with Crippen LogP contribution in [0.5, 0.6) is 0 Å². The van der Waals surface area contributed by atoms with Crippen molar-refractivity contribution in [1.29, 1.82) is 0 Å². The smallest absolute Gasteiger partial charge is 0.253 e. The predicted octanol–water partition coefficient (Wildman–Crippen LogP) is 3.66. The summed E-state index contributed by atoms with van der Waals surface area (Å²) < 4.78 is 0. The lowest BCUT2D eigenvalue weighted by Crippen LogP contribution is -2.53. The predicted molar refractivity (Wildman–Crippen MR) is 81.4 cm³/mol. The van der Waals surface area contributed by atoms with E-state index in [0.717, 1.165) is 25.7 Å². The average molecular weight is 316 g/mol. The molecule has 1 aliphatic rings. The minimum Gasteiger partial charge on any atom is -0.394 e. The molecule has 5 heteroatoms. The summed E-state index contributed by atoms with van der Waals surface area (Å²) >= 11 is 11.9. The van der Waals surface area contributed by atoms with Gasteiger partial charge in [0.15, 0.2) is 0 Å². The zero-order valence-electron chi connectivity index (χ0n) is 11.5. The molecule has 1 saturated carbocycles. The van der Waals surface area contributed by atoms with E-state index in [-0.39, 0.29) is 12.5 Å². The number of nitrogens with one attached hydrogen (secondary N) is 1.